The lowest BCUT2D eigenvalue weighted by atomic mass is 9.98. The van der Waals surface area contributed by atoms with Gasteiger partial charge in [0.15, 0.2) is 29.7 Å². The molecule has 2 aromatic carbocycles. The minimum atomic E-state index is -1.72. The second-order valence-corrected chi connectivity index (χ2v) is 9.64. The van der Waals surface area contributed by atoms with E-state index >= 15 is 0 Å². The number of benzene rings is 2. The molecule has 2 aromatic rings. The van der Waals surface area contributed by atoms with Crippen molar-refractivity contribution in [1.29, 1.82) is 0 Å². The van der Waals surface area contributed by atoms with Crippen molar-refractivity contribution in [3.05, 3.63) is 65.3 Å². The molecule has 0 spiro atoms. The number of phenols is 3. The molecule has 7 atom stereocenters. The van der Waals surface area contributed by atoms with E-state index in [4.69, 9.17) is 18.9 Å². The van der Waals surface area contributed by atoms with Crippen LogP contribution in [0.15, 0.2) is 48.6 Å². The Labute approximate surface area is 233 Å². The first-order chi connectivity index (χ1) is 19.4. The maximum Gasteiger partial charge on any atom is 0.330 e. The maximum absolute atomic E-state index is 12.1. The van der Waals surface area contributed by atoms with Crippen molar-refractivity contribution in [3.63, 3.8) is 0 Å². The summed E-state index contributed by atoms with van der Waals surface area (Å²) in [6.07, 6.45) is -7.72. The van der Waals surface area contributed by atoms with E-state index in [0.29, 0.717) is 5.56 Å². The zero-order valence-corrected chi connectivity index (χ0v) is 21.8. The number of aliphatic hydroxyl groups excluding tert-OH is 4. The van der Waals surface area contributed by atoms with Crippen molar-refractivity contribution >= 4 is 17.8 Å². The Bertz CT molecular complexity index is 1350. The second kappa shape index (κ2) is 12.3. The SMILES string of the molecule is C=C(CO[C@@H]1O[C@H](COC(=O)/C=C/c2ccc(O)c(O)c2)[C@@H](O)[C@H](O)[C@H]1O)[C@H]1Oc2cc(C(C)=O)c(O)cc2[C@@H]1O. The van der Waals surface area contributed by atoms with Crippen LogP contribution in [0.5, 0.6) is 23.0 Å². The number of carbonyl (C=O) groups is 2. The Morgan fingerprint density at radius 1 is 0.976 bits per heavy atom. The van der Waals surface area contributed by atoms with E-state index < -0.39 is 61.3 Å². The zero-order valence-electron chi connectivity index (χ0n) is 21.8. The number of hydrogen-bond acceptors (Lipinski definition) is 13. The molecule has 2 aliphatic heterocycles. The summed E-state index contributed by atoms with van der Waals surface area (Å²) in [7, 11) is 0. The molecule has 7 N–H and O–H groups in total. The van der Waals surface area contributed by atoms with Crippen LogP contribution in [0.4, 0.5) is 0 Å². The summed E-state index contributed by atoms with van der Waals surface area (Å²) in [4.78, 5) is 23.8. The van der Waals surface area contributed by atoms with Crippen molar-refractivity contribution < 1.29 is 64.3 Å². The van der Waals surface area contributed by atoms with Crippen LogP contribution in [0.25, 0.3) is 6.08 Å². The van der Waals surface area contributed by atoms with Gasteiger partial charge in [-0.05, 0) is 48.4 Å². The normalized spacial score (nSPS) is 27.3. The molecule has 0 unspecified atom stereocenters. The first kappa shape index (κ1) is 30.0. The van der Waals surface area contributed by atoms with Crippen LogP contribution in [0.2, 0.25) is 0 Å². The topological polar surface area (TPSA) is 213 Å². The Hall–Kier alpha value is -3.98. The molecule has 41 heavy (non-hydrogen) atoms. The molecule has 13 heteroatoms. The summed E-state index contributed by atoms with van der Waals surface area (Å²) in [5, 5.41) is 70.6. The van der Waals surface area contributed by atoms with E-state index in [9.17, 15) is 45.3 Å². The van der Waals surface area contributed by atoms with Gasteiger partial charge in [0.1, 0.15) is 48.6 Å². The van der Waals surface area contributed by atoms with E-state index in [0.717, 1.165) is 6.08 Å². The lowest BCUT2D eigenvalue weighted by Gasteiger charge is -2.40. The fraction of sp³-hybridized carbons (Fsp3) is 0.357. The van der Waals surface area contributed by atoms with Crippen LogP contribution >= 0.6 is 0 Å². The molecule has 0 saturated carbocycles. The molecule has 4 rings (SSSR count). The van der Waals surface area contributed by atoms with Crippen LogP contribution in [0.1, 0.15) is 34.5 Å². The number of ketones is 1. The minimum Gasteiger partial charge on any atom is -0.507 e. The number of rotatable bonds is 9. The summed E-state index contributed by atoms with van der Waals surface area (Å²) in [5.41, 5.74) is 0.854. The predicted octanol–water partition coefficient (Wildman–Crippen LogP) is 0.437. The molecule has 1 saturated heterocycles. The number of aliphatic hydroxyl groups is 4. The molecule has 13 nitrogen and oxygen atoms in total. The van der Waals surface area contributed by atoms with Crippen molar-refractivity contribution in [1.82, 2.24) is 0 Å². The van der Waals surface area contributed by atoms with Crippen LogP contribution in [-0.4, -0.2) is 97.5 Å². The highest BCUT2D eigenvalue weighted by Gasteiger charge is 2.45. The fourth-order valence-electron chi connectivity index (χ4n) is 4.35. The molecule has 220 valence electrons. The van der Waals surface area contributed by atoms with Gasteiger partial charge in [0, 0.05) is 11.6 Å². The van der Waals surface area contributed by atoms with E-state index in [2.05, 4.69) is 6.58 Å². The summed E-state index contributed by atoms with van der Waals surface area (Å²) in [6.45, 7) is 4.25. The third-order valence-electron chi connectivity index (χ3n) is 6.67. The van der Waals surface area contributed by atoms with Crippen LogP contribution in [-0.2, 0) is 19.0 Å². The fourth-order valence-corrected chi connectivity index (χ4v) is 4.35. The standard InChI is InChI=1S/C28H30O13/c1-12(27-23(34)16-8-18(31)15(13(2)29)9-20(16)40-27)10-39-28-26(37)25(36)24(35)21(41-28)11-38-22(33)6-4-14-3-5-17(30)19(32)7-14/h3-9,21,23-28,30-32,34-37H,1,10-11H2,2H3/b6-4+/t21-,23+,24-,25+,26-,27-,28-/m1/s1. The summed E-state index contributed by atoms with van der Waals surface area (Å²) in [5.74, 6) is -2.07. The molecule has 0 bridgehead atoms. The lowest BCUT2D eigenvalue weighted by molar-refractivity contribution is -0.299. The van der Waals surface area contributed by atoms with E-state index in [1.807, 2.05) is 0 Å². The number of carbonyl (C=O) groups excluding carboxylic acids is 2. The molecular formula is C28H30O13. The molecule has 0 amide bonds. The first-order valence-electron chi connectivity index (χ1n) is 12.5. The van der Waals surface area contributed by atoms with Crippen molar-refractivity contribution in [2.24, 2.45) is 0 Å². The van der Waals surface area contributed by atoms with Gasteiger partial charge in [0.2, 0.25) is 0 Å². The number of hydrogen-bond donors (Lipinski definition) is 7. The number of ether oxygens (including phenoxy) is 4. The van der Waals surface area contributed by atoms with Gasteiger partial charge in [0.05, 0.1) is 12.2 Å². The average Bonchev–Trinajstić information content (AvgIpc) is 3.25. The molecule has 2 aliphatic rings. The monoisotopic (exact) mass is 574 g/mol. The van der Waals surface area contributed by atoms with Gasteiger partial charge in [-0.15, -0.1) is 0 Å². The molecule has 0 aromatic heterocycles. The Kier molecular flexibility index (Phi) is 8.97. The second-order valence-electron chi connectivity index (χ2n) is 9.64. The molecule has 0 aliphatic carbocycles. The highest BCUT2D eigenvalue weighted by atomic mass is 16.7. The van der Waals surface area contributed by atoms with Crippen LogP contribution < -0.4 is 4.74 Å². The largest absolute Gasteiger partial charge is 0.507 e. The third kappa shape index (κ3) is 6.51. The van der Waals surface area contributed by atoms with Crippen LogP contribution in [0, 0.1) is 0 Å². The quantitative estimate of drug-likeness (QED) is 0.0713. The zero-order chi connectivity index (χ0) is 30.0. The Balaban J connectivity index is 1.33. The minimum absolute atomic E-state index is 0.0200. The average molecular weight is 575 g/mol. The highest BCUT2D eigenvalue weighted by molar-refractivity contribution is 5.97. The van der Waals surface area contributed by atoms with Crippen molar-refractivity contribution in [2.45, 2.75) is 49.8 Å². The Morgan fingerprint density at radius 2 is 1.71 bits per heavy atom. The van der Waals surface area contributed by atoms with Crippen LogP contribution in [0.3, 0.4) is 0 Å². The Morgan fingerprint density at radius 3 is 2.39 bits per heavy atom. The molecule has 2 heterocycles. The van der Waals surface area contributed by atoms with Gasteiger partial charge in [-0.1, -0.05) is 12.6 Å². The van der Waals surface area contributed by atoms with Gasteiger partial charge in [-0.3, -0.25) is 4.79 Å². The molecule has 0 radical (unpaired) electrons. The van der Waals surface area contributed by atoms with E-state index in [-0.39, 0.29) is 46.3 Å². The third-order valence-corrected chi connectivity index (χ3v) is 6.67. The van der Waals surface area contributed by atoms with Gasteiger partial charge in [-0.2, -0.15) is 0 Å². The number of fused-ring (bicyclic) bond motifs is 1. The molecule has 1 fully saturated rings. The highest BCUT2D eigenvalue weighted by Crippen LogP contribution is 2.42. The summed E-state index contributed by atoms with van der Waals surface area (Å²) >= 11 is 0. The smallest absolute Gasteiger partial charge is 0.330 e. The number of esters is 1. The van der Waals surface area contributed by atoms with Gasteiger partial charge in [-0.25, -0.2) is 4.79 Å². The summed E-state index contributed by atoms with van der Waals surface area (Å²) in [6, 6.07) is 6.45. The van der Waals surface area contributed by atoms with Gasteiger partial charge < -0.3 is 54.7 Å². The predicted molar refractivity (Wildman–Crippen MR) is 139 cm³/mol. The number of phenolic OH excluding ortho intramolecular Hbond substituents is 3. The van der Waals surface area contributed by atoms with E-state index in [1.165, 1.54) is 43.3 Å². The maximum atomic E-state index is 12.1. The number of Topliss-reactive ketones (excluding diaryl/α,β-unsaturated/α-hetero) is 1. The van der Waals surface area contributed by atoms with Gasteiger partial charge in [0.25, 0.3) is 0 Å². The number of aromatic hydroxyl groups is 3. The van der Waals surface area contributed by atoms with E-state index in [1.54, 1.807) is 0 Å². The van der Waals surface area contributed by atoms with Crippen molar-refractivity contribution in [3.8, 4) is 23.0 Å². The van der Waals surface area contributed by atoms with Gasteiger partial charge >= 0.3 is 5.97 Å². The van der Waals surface area contributed by atoms with Crippen molar-refractivity contribution in [2.75, 3.05) is 13.2 Å². The lowest BCUT2D eigenvalue weighted by Crippen LogP contribution is -2.59. The molecular weight excluding hydrogens is 544 g/mol. The summed E-state index contributed by atoms with van der Waals surface area (Å²) < 4.78 is 21.8. The first-order valence-corrected chi connectivity index (χ1v) is 12.5.